The third-order valence-corrected chi connectivity index (χ3v) is 2.98. The van der Waals surface area contributed by atoms with Crippen molar-refractivity contribution in [1.29, 1.82) is 0 Å². The van der Waals surface area contributed by atoms with Crippen molar-refractivity contribution in [3.05, 3.63) is 56.0 Å². The highest BCUT2D eigenvalue weighted by molar-refractivity contribution is 14.1. The molecule has 0 aliphatic heterocycles. The second-order valence-electron chi connectivity index (χ2n) is 2.94. The van der Waals surface area contributed by atoms with Gasteiger partial charge in [-0.25, -0.2) is 0 Å². The molecule has 15 heavy (non-hydrogen) atoms. The number of carbonyl (C=O) groups is 1. The van der Waals surface area contributed by atoms with Crippen LogP contribution in [0.2, 0.25) is 0 Å². The van der Waals surface area contributed by atoms with E-state index in [1.807, 2.05) is 18.2 Å². The third-order valence-electron chi connectivity index (χ3n) is 1.88. The SMILES string of the molecule is O=C(c1cccc(I)c1)c1ccc(Br)o1. The lowest BCUT2D eigenvalue weighted by Crippen LogP contribution is -1.99. The van der Waals surface area contributed by atoms with Crippen LogP contribution in [-0.2, 0) is 0 Å². The molecule has 0 saturated heterocycles. The summed E-state index contributed by atoms with van der Waals surface area (Å²) in [6.07, 6.45) is 0. The van der Waals surface area contributed by atoms with Gasteiger partial charge in [-0.2, -0.15) is 0 Å². The molecular weight excluding hydrogens is 371 g/mol. The minimum atomic E-state index is -0.0979. The molecule has 0 radical (unpaired) electrons. The Morgan fingerprint density at radius 2 is 2.07 bits per heavy atom. The van der Waals surface area contributed by atoms with Crippen molar-refractivity contribution >= 4 is 44.3 Å². The number of carbonyl (C=O) groups excluding carboxylic acids is 1. The zero-order chi connectivity index (χ0) is 10.8. The Morgan fingerprint density at radius 3 is 2.67 bits per heavy atom. The van der Waals surface area contributed by atoms with Crippen LogP contribution < -0.4 is 0 Å². The average molecular weight is 377 g/mol. The van der Waals surface area contributed by atoms with E-state index in [1.165, 1.54) is 0 Å². The molecule has 76 valence electrons. The van der Waals surface area contributed by atoms with E-state index >= 15 is 0 Å². The molecule has 0 aliphatic rings. The minimum Gasteiger partial charge on any atom is -0.446 e. The van der Waals surface area contributed by atoms with Crippen LogP contribution in [-0.4, -0.2) is 5.78 Å². The van der Waals surface area contributed by atoms with Crippen LogP contribution in [0.15, 0.2) is 45.5 Å². The first-order chi connectivity index (χ1) is 7.16. The number of halogens is 2. The Morgan fingerprint density at radius 1 is 1.27 bits per heavy atom. The molecule has 4 heteroatoms. The lowest BCUT2D eigenvalue weighted by atomic mass is 10.1. The molecule has 0 saturated carbocycles. The Balaban J connectivity index is 2.36. The predicted octanol–water partition coefficient (Wildman–Crippen LogP) is 3.88. The molecule has 2 aromatic rings. The normalized spacial score (nSPS) is 10.3. The molecule has 0 amide bonds. The minimum absolute atomic E-state index is 0.0979. The maximum absolute atomic E-state index is 11.9. The van der Waals surface area contributed by atoms with Gasteiger partial charge in [-0.3, -0.25) is 4.79 Å². The van der Waals surface area contributed by atoms with Gasteiger partial charge in [0.1, 0.15) is 0 Å². The monoisotopic (exact) mass is 376 g/mol. The first-order valence-corrected chi connectivity index (χ1v) is 6.09. The van der Waals surface area contributed by atoms with E-state index in [0.717, 1.165) is 3.57 Å². The van der Waals surface area contributed by atoms with Crippen molar-refractivity contribution in [1.82, 2.24) is 0 Å². The third kappa shape index (κ3) is 2.49. The standard InChI is InChI=1S/C11H6BrIO2/c12-10-5-4-9(15-10)11(14)7-2-1-3-8(13)6-7/h1-6H. The molecule has 0 fully saturated rings. The van der Waals surface area contributed by atoms with Crippen molar-refractivity contribution in [3.63, 3.8) is 0 Å². The van der Waals surface area contributed by atoms with Gasteiger partial charge in [-0.1, -0.05) is 12.1 Å². The van der Waals surface area contributed by atoms with Crippen LogP contribution in [0.3, 0.4) is 0 Å². The Bertz CT molecular complexity index is 505. The molecule has 1 heterocycles. The highest BCUT2D eigenvalue weighted by Crippen LogP contribution is 2.18. The lowest BCUT2D eigenvalue weighted by Gasteiger charge is -1.97. The first kappa shape index (κ1) is 10.9. The number of benzene rings is 1. The summed E-state index contributed by atoms with van der Waals surface area (Å²) >= 11 is 5.34. The van der Waals surface area contributed by atoms with Crippen molar-refractivity contribution < 1.29 is 9.21 Å². The molecule has 2 rings (SSSR count). The van der Waals surface area contributed by atoms with Gasteiger partial charge in [0.25, 0.3) is 0 Å². The van der Waals surface area contributed by atoms with Gasteiger partial charge >= 0.3 is 0 Å². The summed E-state index contributed by atoms with van der Waals surface area (Å²) < 4.78 is 6.80. The maximum Gasteiger partial charge on any atom is 0.228 e. The van der Waals surface area contributed by atoms with Gasteiger partial charge in [0.2, 0.25) is 5.78 Å². The average Bonchev–Trinajstić information content (AvgIpc) is 2.64. The number of hydrogen-bond acceptors (Lipinski definition) is 2. The van der Waals surface area contributed by atoms with Gasteiger partial charge < -0.3 is 4.42 Å². The largest absolute Gasteiger partial charge is 0.446 e. The van der Waals surface area contributed by atoms with Crippen LogP contribution >= 0.6 is 38.5 Å². The smallest absolute Gasteiger partial charge is 0.228 e. The molecule has 0 aliphatic carbocycles. The van der Waals surface area contributed by atoms with Crippen LogP contribution in [0.1, 0.15) is 16.1 Å². The summed E-state index contributed by atoms with van der Waals surface area (Å²) in [5.41, 5.74) is 0.642. The second-order valence-corrected chi connectivity index (χ2v) is 4.97. The van der Waals surface area contributed by atoms with Crippen LogP contribution in [0.5, 0.6) is 0 Å². The fraction of sp³-hybridized carbons (Fsp3) is 0. The van der Waals surface area contributed by atoms with Crippen LogP contribution in [0.25, 0.3) is 0 Å². The van der Waals surface area contributed by atoms with E-state index in [0.29, 0.717) is 16.0 Å². The molecule has 0 atom stereocenters. The van der Waals surface area contributed by atoms with Crippen molar-refractivity contribution in [2.24, 2.45) is 0 Å². The van der Waals surface area contributed by atoms with Gasteiger partial charge in [0.15, 0.2) is 10.4 Å². The summed E-state index contributed by atoms with van der Waals surface area (Å²) in [4.78, 5) is 11.9. The number of ketones is 1. The summed E-state index contributed by atoms with van der Waals surface area (Å²) in [7, 11) is 0. The summed E-state index contributed by atoms with van der Waals surface area (Å²) in [5.74, 6) is 0.253. The quantitative estimate of drug-likeness (QED) is 0.588. The van der Waals surface area contributed by atoms with Crippen molar-refractivity contribution in [2.75, 3.05) is 0 Å². The lowest BCUT2D eigenvalue weighted by molar-refractivity contribution is 0.101. The van der Waals surface area contributed by atoms with Gasteiger partial charge in [0.05, 0.1) is 0 Å². The fourth-order valence-corrected chi connectivity index (χ4v) is 2.06. The Labute approximate surface area is 109 Å². The Kier molecular flexibility index (Phi) is 3.25. The van der Waals surface area contributed by atoms with Crippen molar-refractivity contribution in [2.45, 2.75) is 0 Å². The van der Waals surface area contributed by atoms with E-state index in [1.54, 1.807) is 18.2 Å². The number of rotatable bonds is 2. The predicted molar refractivity (Wildman–Crippen MR) is 69.0 cm³/mol. The highest BCUT2D eigenvalue weighted by atomic mass is 127. The number of hydrogen-bond donors (Lipinski definition) is 0. The maximum atomic E-state index is 11.9. The summed E-state index contributed by atoms with van der Waals surface area (Å²) in [5, 5.41) is 0. The second kappa shape index (κ2) is 4.49. The molecular formula is C11H6BrIO2. The van der Waals surface area contributed by atoms with Gasteiger partial charge in [0, 0.05) is 9.13 Å². The Hall–Kier alpha value is -0.620. The summed E-state index contributed by atoms with van der Waals surface area (Å²) in [6, 6.07) is 10.8. The molecule has 0 spiro atoms. The van der Waals surface area contributed by atoms with E-state index < -0.39 is 0 Å². The first-order valence-electron chi connectivity index (χ1n) is 4.22. The van der Waals surface area contributed by atoms with Crippen molar-refractivity contribution in [3.8, 4) is 0 Å². The van der Waals surface area contributed by atoms with Gasteiger partial charge in [-0.15, -0.1) is 0 Å². The summed E-state index contributed by atoms with van der Waals surface area (Å²) in [6.45, 7) is 0. The molecule has 1 aromatic carbocycles. The molecule has 1 aromatic heterocycles. The number of furan rings is 1. The molecule has 0 bridgehead atoms. The van der Waals surface area contributed by atoms with E-state index in [4.69, 9.17) is 4.42 Å². The fourth-order valence-electron chi connectivity index (χ4n) is 1.21. The topological polar surface area (TPSA) is 30.2 Å². The molecule has 0 N–H and O–H groups in total. The molecule has 0 unspecified atom stereocenters. The molecule has 2 nitrogen and oxygen atoms in total. The zero-order valence-electron chi connectivity index (χ0n) is 7.54. The van der Waals surface area contributed by atoms with Crippen LogP contribution in [0.4, 0.5) is 0 Å². The van der Waals surface area contributed by atoms with E-state index in [9.17, 15) is 4.79 Å². The highest BCUT2D eigenvalue weighted by Gasteiger charge is 2.12. The van der Waals surface area contributed by atoms with E-state index in [2.05, 4.69) is 38.5 Å². The zero-order valence-corrected chi connectivity index (χ0v) is 11.3. The van der Waals surface area contributed by atoms with Crippen LogP contribution in [0, 0.1) is 3.57 Å². The van der Waals surface area contributed by atoms with E-state index in [-0.39, 0.29) is 5.78 Å². The van der Waals surface area contributed by atoms with Gasteiger partial charge in [-0.05, 0) is 62.8 Å².